The van der Waals surface area contributed by atoms with Gasteiger partial charge in [0.05, 0.1) is 0 Å². The molecule has 17 heavy (non-hydrogen) atoms. The third-order valence-corrected chi connectivity index (χ3v) is 2.60. The standard InChI is InChI=1S/C13H17N3O/c1-2-3-4-9-14-12-7-5-11(6-8-12)13-16-15-10-17-13/h5-8,10,14H,2-4,9H2,1H3. The van der Waals surface area contributed by atoms with E-state index < -0.39 is 0 Å². The fourth-order valence-electron chi connectivity index (χ4n) is 1.64. The number of unbranched alkanes of at least 4 members (excludes halogenated alkanes) is 2. The second kappa shape index (κ2) is 6.03. The molecule has 0 aliphatic carbocycles. The number of aromatic nitrogens is 2. The van der Waals surface area contributed by atoms with Gasteiger partial charge in [-0.1, -0.05) is 19.8 Å². The third kappa shape index (κ3) is 3.31. The lowest BCUT2D eigenvalue weighted by atomic mass is 10.2. The summed E-state index contributed by atoms with van der Waals surface area (Å²) in [4.78, 5) is 0. The molecular formula is C13H17N3O. The first-order valence-electron chi connectivity index (χ1n) is 6.00. The minimum absolute atomic E-state index is 0.558. The first-order valence-corrected chi connectivity index (χ1v) is 6.00. The summed E-state index contributed by atoms with van der Waals surface area (Å²) in [7, 11) is 0. The summed E-state index contributed by atoms with van der Waals surface area (Å²) in [6.45, 7) is 3.23. The molecule has 0 atom stereocenters. The zero-order chi connectivity index (χ0) is 11.9. The maximum absolute atomic E-state index is 5.13. The summed E-state index contributed by atoms with van der Waals surface area (Å²) in [6.07, 6.45) is 5.07. The molecule has 1 heterocycles. The number of hydrogen-bond donors (Lipinski definition) is 1. The Balaban J connectivity index is 1.90. The van der Waals surface area contributed by atoms with Gasteiger partial charge < -0.3 is 9.73 Å². The number of rotatable bonds is 6. The predicted molar refractivity (Wildman–Crippen MR) is 67.7 cm³/mol. The van der Waals surface area contributed by atoms with Gasteiger partial charge in [-0.15, -0.1) is 10.2 Å². The van der Waals surface area contributed by atoms with E-state index in [1.54, 1.807) is 0 Å². The van der Waals surface area contributed by atoms with Crippen LogP contribution in [-0.4, -0.2) is 16.7 Å². The Morgan fingerprint density at radius 1 is 1.18 bits per heavy atom. The van der Waals surface area contributed by atoms with E-state index in [9.17, 15) is 0 Å². The highest BCUT2D eigenvalue weighted by Gasteiger charge is 2.02. The van der Waals surface area contributed by atoms with Crippen LogP contribution in [-0.2, 0) is 0 Å². The molecule has 0 aliphatic rings. The molecule has 90 valence electrons. The van der Waals surface area contributed by atoms with Gasteiger partial charge >= 0.3 is 0 Å². The van der Waals surface area contributed by atoms with Crippen LogP contribution in [0.5, 0.6) is 0 Å². The fourth-order valence-corrected chi connectivity index (χ4v) is 1.64. The second-order valence-electron chi connectivity index (χ2n) is 3.96. The first kappa shape index (κ1) is 11.6. The number of nitrogens with zero attached hydrogens (tertiary/aromatic N) is 2. The van der Waals surface area contributed by atoms with Crippen LogP contribution < -0.4 is 5.32 Å². The highest BCUT2D eigenvalue weighted by molar-refractivity contribution is 5.57. The SMILES string of the molecule is CCCCCNc1ccc(-c2nnco2)cc1. The quantitative estimate of drug-likeness (QED) is 0.775. The molecule has 0 saturated carbocycles. The van der Waals surface area contributed by atoms with Crippen molar-refractivity contribution < 1.29 is 4.42 Å². The average Bonchev–Trinajstić information content (AvgIpc) is 2.89. The lowest BCUT2D eigenvalue weighted by Crippen LogP contribution is -2.00. The summed E-state index contributed by atoms with van der Waals surface area (Å²) in [6, 6.07) is 8.03. The van der Waals surface area contributed by atoms with Gasteiger partial charge in [-0.3, -0.25) is 0 Å². The molecule has 0 fully saturated rings. The molecule has 4 nitrogen and oxygen atoms in total. The van der Waals surface area contributed by atoms with E-state index >= 15 is 0 Å². The van der Waals surface area contributed by atoms with Crippen molar-refractivity contribution in [2.75, 3.05) is 11.9 Å². The minimum atomic E-state index is 0.558. The van der Waals surface area contributed by atoms with Crippen LogP contribution in [0.3, 0.4) is 0 Å². The predicted octanol–water partition coefficient (Wildman–Crippen LogP) is 3.34. The summed E-state index contributed by atoms with van der Waals surface area (Å²) in [5.74, 6) is 0.558. The van der Waals surface area contributed by atoms with Crippen molar-refractivity contribution in [2.24, 2.45) is 0 Å². The van der Waals surface area contributed by atoms with Crippen molar-refractivity contribution in [2.45, 2.75) is 26.2 Å². The molecule has 1 aromatic carbocycles. The van der Waals surface area contributed by atoms with E-state index in [0.717, 1.165) is 17.8 Å². The van der Waals surface area contributed by atoms with E-state index in [-0.39, 0.29) is 0 Å². The third-order valence-electron chi connectivity index (χ3n) is 2.60. The summed E-state index contributed by atoms with van der Waals surface area (Å²) in [5, 5.41) is 10.9. The smallest absolute Gasteiger partial charge is 0.247 e. The van der Waals surface area contributed by atoms with Crippen LogP contribution in [0, 0.1) is 0 Å². The number of nitrogens with one attached hydrogen (secondary N) is 1. The Morgan fingerprint density at radius 2 is 2.00 bits per heavy atom. The summed E-state index contributed by atoms with van der Waals surface area (Å²) >= 11 is 0. The first-order chi connectivity index (χ1) is 8.40. The van der Waals surface area contributed by atoms with Crippen LogP contribution in [0.1, 0.15) is 26.2 Å². The van der Waals surface area contributed by atoms with E-state index in [2.05, 4.69) is 22.4 Å². The molecule has 0 bridgehead atoms. The van der Waals surface area contributed by atoms with Crippen LogP contribution in [0.2, 0.25) is 0 Å². The molecule has 0 unspecified atom stereocenters. The number of benzene rings is 1. The highest BCUT2D eigenvalue weighted by atomic mass is 16.4. The van der Waals surface area contributed by atoms with Crippen LogP contribution in [0.15, 0.2) is 35.1 Å². The zero-order valence-corrected chi connectivity index (χ0v) is 10.0. The molecule has 4 heteroatoms. The fraction of sp³-hybridized carbons (Fsp3) is 0.385. The molecule has 1 aromatic heterocycles. The largest absolute Gasteiger partial charge is 0.423 e. The second-order valence-corrected chi connectivity index (χ2v) is 3.96. The van der Waals surface area contributed by atoms with Gasteiger partial charge in [0.25, 0.3) is 0 Å². The van der Waals surface area contributed by atoms with Crippen LogP contribution in [0.25, 0.3) is 11.5 Å². The van der Waals surface area contributed by atoms with Gasteiger partial charge in [-0.05, 0) is 30.7 Å². The molecule has 0 radical (unpaired) electrons. The van der Waals surface area contributed by atoms with E-state index in [1.807, 2.05) is 24.3 Å². The average molecular weight is 231 g/mol. The molecule has 1 N–H and O–H groups in total. The Bertz CT molecular complexity index is 422. The van der Waals surface area contributed by atoms with Gasteiger partial charge in [0.1, 0.15) is 0 Å². The monoisotopic (exact) mass is 231 g/mol. The summed E-state index contributed by atoms with van der Waals surface area (Å²) < 4.78 is 5.13. The molecule has 0 amide bonds. The van der Waals surface area contributed by atoms with Gasteiger partial charge in [0.15, 0.2) is 0 Å². The van der Waals surface area contributed by atoms with Crippen LogP contribution in [0.4, 0.5) is 5.69 Å². The molecule has 0 aliphatic heterocycles. The lowest BCUT2D eigenvalue weighted by molar-refractivity contribution is 0.568. The Labute approximate surface area is 101 Å². The van der Waals surface area contributed by atoms with E-state index in [4.69, 9.17) is 4.42 Å². The molecule has 0 spiro atoms. The van der Waals surface area contributed by atoms with Crippen molar-refractivity contribution in [1.29, 1.82) is 0 Å². The lowest BCUT2D eigenvalue weighted by Gasteiger charge is -2.05. The topological polar surface area (TPSA) is 51.0 Å². The Hall–Kier alpha value is -1.84. The van der Waals surface area contributed by atoms with E-state index in [0.29, 0.717) is 5.89 Å². The van der Waals surface area contributed by atoms with Crippen LogP contribution >= 0.6 is 0 Å². The van der Waals surface area contributed by atoms with Crippen molar-refractivity contribution >= 4 is 5.69 Å². The van der Waals surface area contributed by atoms with Gasteiger partial charge in [-0.2, -0.15) is 0 Å². The highest BCUT2D eigenvalue weighted by Crippen LogP contribution is 2.18. The Kier molecular flexibility index (Phi) is 4.13. The Morgan fingerprint density at radius 3 is 2.65 bits per heavy atom. The number of hydrogen-bond acceptors (Lipinski definition) is 4. The minimum Gasteiger partial charge on any atom is -0.423 e. The van der Waals surface area contributed by atoms with Gasteiger partial charge in [0.2, 0.25) is 12.3 Å². The molecular weight excluding hydrogens is 214 g/mol. The molecule has 2 aromatic rings. The summed E-state index contributed by atoms with van der Waals surface area (Å²) in [5.41, 5.74) is 2.07. The maximum atomic E-state index is 5.13. The van der Waals surface area contributed by atoms with Gasteiger partial charge in [-0.25, -0.2) is 0 Å². The van der Waals surface area contributed by atoms with Crippen molar-refractivity contribution in [3.8, 4) is 11.5 Å². The van der Waals surface area contributed by atoms with Gasteiger partial charge in [0, 0.05) is 17.8 Å². The molecule has 0 saturated heterocycles. The van der Waals surface area contributed by atoms with Crippen molar-refractivity contribution in [1.82, 2.24) is 10.2 Å². The van der Waals surface area contributed by atoms with Crippen molar-refractivity contribution in [3.05, 3.63) is 30.7 Å². The normalized spacial score (nSPS) is 10.4. The van der Waals surface area contributed by atoms with E-state index in [1.165, 1.54) is 25.7 Å². The zero-order valence-electron chi connectivity index (χ0n) is 10.0. The maximum Gasteiger partial charge on any atom is 0.247 e. The number of anilines is 1. The molecule has 2 rings (SSSR count). The van der Waals surface area contributed by atoms with Crippen molar-refractivity contribution in [3.63, 3.8) is 0 Å².